The summed E-state index contributed by atoms with van der Waals surface area (Å²) in [5.74, 6) is -0.552. The van der Waals surface area contributed by atoms with Crippen LogP contribution in [0.3, 0.4) is 0 Å². The lowest BCUT2D eigenvalue weighted by atomic mass is 10.0. The van der Waals surface area contributed by atoms with Crippen LogP contribution in [0.2, 0.25) is 15.1 Å². The zero-order valence-electron chi connectivity index (χ0n) is 23.0. The van der Waals surface area contributed by atoms with E-state index in [1.807, 2.05) is 37.3 Å². The van der Waals surface area contributed by atoms with Crippen LogP contribution in [0.4, 0.5) is 5.69 Å². The second-order valence-corrected chi connectivity index (χ2v) is 12.8. The Labute approximate surface area is 257 Å². The molecule has 1 N–H and O–H groups in total. The van der Waals surface area contributed by atoms with Crippen molar-refractivity contribution in [1.82, 2.24) is 10.2 Å². The number of nitrogens with one attached hydrogen (secondary N) is 1. The maximum absolute atomic E-state index is 13.8. The molecular weight excluding hydrogens is 605 g/mol. The fraction of sp³-hybridized carbons (Fsp3) is 0.333. The van der Waals surface area contributed by atoms with Crippen LogP contribution >= 0.6 is 34.8 Å². The van der Waals surface area contributed by atoms with Crippen molar-refractivity contribution >= 4 is 62.3 Å². The number of amides is 2. The van der Waals surface area contributed by atoms with Crippen molar-refractivity contribution in [2.45, 2.75) is 45.2 Å². The molecule has 11 heteroatoms. The Balaban J connectivity index is 1.89. The van der Waals surface area contributed by atoms with Gasteiger partial charge in [-0.25, -0.2) is 8.42 Å². The van der Waals surface area contributed by atoms with E-state index in [4.69, 9.17) is 34.8 Å². The Bertz CT molecular complexity index is 1440. The van der Waals surface area contributed by atoms with Gasteiger partial charge in [-0.1, -0.05) is 84.2 Å². The highest BCUT2D eigenvalue weighted by molar-refractivity contribution is 7.92. The Morgan fingerprint density at radius 2 is 1.63 bits per heavy atom. The molecule has 7 nitrogen and oxygen atoms in total. The summed E-state index contributed by atoms with van der Waals surface area (Å²) in [6.45, 7) is 2.62. The van der Waals surface area contributed by atoms with Gasteiger partial charge >= 0.3 is 0 Å². The number of nitrogens with zero attached hydrogens (tertiary/aromatic N) is 2. The number of carbonyl (C=O) groups is 2. The quantitative estimate of drug-likeness (QED) is 0.223. The lowest BCUT2D eigenvalue weighted by Gasteiger charge is -2.32. The first-order chi connectivity index (χ1) is 19.5. The van der Waals surface area contributed by atoms with Crippen LogP contribution in [0.15, 0.2) is 72.8 Å². The summed E-state index contributed by atoms with van der Waals surface area (Å²) in [4.78, 5) is 28.8. The van der Waals surface area contributed by atoms with Gasteiger partial charge in [0.05, 0.1) is 22.0 Å². The molecule has 1 unspecified atom stereocenters. The normalized spacial score (nSPS) is 12.0. The zero-order chi connectivity index (χ0) is 30.0. The van der Waals surface area contributed by atoms with Crippen LogP contribution in [0.25, 0.3) is 0 Å². The zero-order valence-corrected chi connectivity index (χ0v) is 26.1. The highest BCUT2D eigenvalue weighted by Crippen LogP contribution is 2.26. The average Bonchev–Trinajstić information content (AvgIpc) is 2.93. The van der Waals surface area contributed by atoms with Crippen LogP contribution in [-0.2, 0) is 32.6 Å². The molecule has 0 heterocycles. The highest BCUT2D eigenvalue weighted by Gasteiger charge is 2.30. The Morgan fingerprint density at radius 3 is 2.27 bits per heavy atom. The molecule has 0 spiro atoms. The Morgan fingerprint density at radius 1 is 0.902 bits per heavy atom. The first-order valence-electron chi connectivity index (χ1n) is 13.3. The first kappa shape index (κ1) is 32.7. The fourth-order valence-electron chi connectivity index (χ4n) is 4.39. The summed E-state index contributed by atoms with van der Waals surface area (Å²) in [7, 11) is -3.63. The maximum Gasteiger partial charge on any atom is 0.243 e. The molecule has 0 aromatic heterocycles. The van der Waals surface area contributed by atoms with Crippen LogP contribution in [0.5, 0.6) is 0 Å². The number of halogens is 3. The van der Waals surface area contributed by atoms with Gasteiger partial charge in [-0.2, -0.15) is 0 Å². The van der Waals surface area contributed by atoms with Crippen molar-refractivity contribution in [2.24, 2.45) is 0 Å². The summed E-state index contributed by atoms with van der Waals surface area (Å²) in [6, 6.07) is 20.3. The van der Waals surface area contributed by atoms with Gasteiger partial charge in [0.15, 0.2) is 0 Å². The number of hydrogen-bond donors (Lipinski definition) is 1. The number of benzene rings is 3. The van der Waals surface area contributed by atoms with E-state index < -0.39 is 16.1 Å². The van der Waals surface area contributed by atoms with Gasteiger partial charge < -0.3 is 10.2 Å². The summed E-state index contributed by atoms with van der Waals surface area (Å²) in [5, 5.41) is 4.07. The van der Waals surface area contributed by atoms with Crippen molar-refractivity contribution in [3.05, 3.63) is 99.0 Å². The monoisotopic (exact) mass is 637 g/mol. The molecule has 1 atom stereocenters. The van der Waals surface area contributed by atoms with E-state index in [-0.39, 0.29) is 37.7 Å². The number of hydrogen-bond acceptors (Lipinski definition) is 4. The van der Waals surface area contributed by atoms with Gasteiger partial charge in [0.2, 0.25) is 21.8 Å². The molecular formula is C30H34Cl3N3O4S. The predicted molar refractivity (Wildman–Crippen MR) is 167 cm³/mol. The van der Waals surface area contributed by atoms with Gasteiger partial charge in [0.25, 0.3) is 0 Å². The van der Waals surface area contributed by atoms with Crippen molar-refractivity contribution < 1.29 is 18.0 Å². The summed E-state index contributed by atoms with van der Waals surface area (Å²) in [5.41, 5.74) is 2.03. The van der Waals surface area contributed by atoms with E-state index in [1.165, 1.54) is 4.31 Å². The lowest BCUT2D eigenvalue weighted by molar-refractivity contribution is -0.141. The summed E-state index contributed by atoms with van der Waals surface area (Å²) < 4.78 is 26.4. The summed E-state index contributed by atoms with van der Waals surface area (Å²) >= 11 is 18.5. The van der Waals surface area contributed by atoms with Crippen LogP contribution in [0.1, 0.15) is 37.3 Å². The molecule has 0 radical (unpaired) electrons. The third kappa shape index (κ3) is 9.92. The van der Waals surface area contributed by atoms with E-state index in [0.29, 0.717) is 39.3 Å². The second kappa shape index (κ2) is 15.4. The predicted octanol–water partition coefficient (Wildman–Crippen LogP) is 6.36. The van der Waals surface area contributed by atoms with Gasteiger partial charge in [-0.05, 0) is 54.3 Å². The molecule has 3 aromatic rings. The first-order valence-corrected chi connectivity index (χ1v) is 16.3. The minimum absolute atomic E-state index is 0.0141. The van der Waals surface area contributed by atoms with Gasteiger partial charge in [0, 0.05) is 37.5 Å². The number of anilines is 1. The van der Waals surface area contributed by atoms with E-state index in [0.717, 1.165) is 18.2 Å². The van der Waals surface area contributed by atoms with E-state index in [2.05, 4.69) is 5.32 Å². The number of rotatable bonds is 14. The molecule has 0 aliphatic heterocycles. The lowest BCUT2D eigenvalue weighted by Crippen LogP contribution is -2.50. The third-order valence-electron chi connectivity index (χ3n) is 6.41. The highest BCUT2D eigenvalue weighted by atomic mass is 35.5. The largest absolute Gasteiger partial charge is 0.354 e. The molecule has 41 heavy (non-hydrogen) atoms. The van der Waals surface area contributed by atoms with E-state index in [9.17, 15) is 18.0 Å². The maximum atomic E-state index is 13.8. The average molecular weight is 639 g/mol. The Hall–Kier alpha value is -2.78. The van der Waals surface area contributed by atoms with Crippen LogP contribution < -0.4 is 9.62 Å². The molecule has 2 amide bonds. The van der Waals surface area contributed by atoms with E-state index >= 15 is 0 Å². The second-order valence-electron chi connectivity index (χ2n) is 9.69. The van der Waals surface area contributed by atoms with Crippen LogP contribution in [0, 0.1) is 0 Å². The molecule has 0 aliphatic rings. The fourth-order valence-corrected chi connectivity index (χ4v) is 5.85. The SMILES string of the molecule is CCCNC(=O)C(Cc1ccccc1)N(Cc1ccc(Cl)c(Cl)c1)C(=O)CCCN(c1cccc(Cl)c1)S(C)(=O)=O. The van der Waals surface area contributed by atoms with Crippen molar-refractivity contribution in [3.63, 3.8) is 0 Å². The van der Waals surface area contributed by atoms with Gasteiger partial charge in [-0.15, -0.1) is 0 Å². The molecule has 220 valence electrons. The van der Waals surface area contributed by atoms with Crippen molar-refractivity contribution in [2.75, 3.05) is 23.7 Å². The topological polar surface area (TPSA) is 86.8 Å². The molecule has 3 rings (SSSR count). The van der Waals surface area contributed by atoms with Crippen LogP contribution in [-0.4, -0.2) is 50.5 Å². The minimum atomic E-state index is -3.63. The molecule has 0 aliphatic carbocycles. The van der Waals surface area contributed by atoms with E-state index in [1.54, 1.807) is 47.4 Å². The molecule has 0 saturated heterocycles. The minimum Gasteiger partial charge on any atom is -0.354 e. The molecule has 0 bridgehead atoms. The summed E-state index contributed by atoms with van der Waals surface area (Å²) in [6.07, 6.45) is 2.40. The molecule has 0 fully saturated rings. The van der Waals surface area contributed by atoms with Gasteiger partial charge in [0.1, 0.15) is 6.04 Å². The third-order valence-corrected chi connectivity index (χ3v) is 8.57. The molecule has 0 saturated carbocycles. The molecule has 3 aromatic carbocycles. The van der Waals surface area contributed by atoms with Gasteiger partial charge in [-0.3, -0.25) is 13.9 Å². The van der Waals surface area contributed by atoms with Crippen molar-refractivity contribution in [3.8, 4) is 0 Å². The number of sulfonamides is 1. The number of carbonyl (C=O) groups excluding carboxylic acids is 2. The smallest absolute Gasteiger partial charge is 0.243 e. The standard InChI is InChI=1S/C30H34Cl3N3O4S/c1-3-16-34-30(38)28(19-22-9-5-4-6-10-22)35(21-23-14-15-26(32)27(33)18-23)29(37)13-8-17-36(41(2,39)40)25-12-7-11-24(31)20-25/h4-7,9-12,14-15,18,20,28H,3,8,13,16-17,19,21H2,1-2H3,(H,34,38). The Kier molecular flexibility index (Phi) is 12.3. The van der Waals surface area contributed by atoms with Crippen molar-refractivity contribution in [1.29, 1.82) is 0 Å².